The van der Waals surface area contributed by atoms with Crippen LogP contribution < -0.4 is 24.8 Å². The Labute approximate surface area is 152 Å². The minimum absolute atomic E-state index is 0.0573. The maximum atomic E-state index is 12.9. The van der Waals surface area contributed by atoms with Gasteiger partial charge in [-0.25, -0.2) is 0 Å². The standard InChI is InChI=1S/C18H24N4O4/c1-22-10-11(7-20-22)13-8-19-9-14(13)18(23)21-12-5-15(24-2)17(26-4)16(6-12)25-3/h5-7,10,13-14,19H,8-9H2,1-4H3,(H,21,23)/t13-,14+/m1/s1. The molecular formula is C18H24N4O4. The summed E-state index contributed by atoms with van der Waals surface area (Å²) in [4.78, 5) is 12.9. The van der Waals surface area contributed by atoms with E-state index in [9.17, 15) is 4.79 Å². The van der Waals surface area contributed by atoms with Gasteiger partial charge in [-0.05, 0) is 5.56 Å². The van der Waals surface area contributed by atoms with E-state index in [4.69, 9.17) is 14.2 Å². The molecule has 2 atom stereocenters. The van der Waals surface area contributed by atoms with E-state index in [1.54, 1.807) is 38.1 Å². The molecule has 0 aliphatic carbocycles. The number of nitrogens with one attached hydrogen (secondary N) is 2. The smallest absolute Gasteiger partial charge is 0.229 e. The summed E-state index contributed by atoms with van der Waals surface area (Å²) in [5.74, 6) is 1.33. The molecule has 0 bridgehead atoms. The zero-order valence-corrected chi connectivity index (χ0v) is 15.4. The predicted molar refractivity (Wildman–Crippen MR) is 97.0 cm³/mol. The Bertz CT molecular complexity index is 764. The summed E-state index contributed by atoms with van der Waals surface area (Å²) in [6, 6.07) is 3.45. The van der Waals surface area contributed by atoms with Gasteiger partial charge in [-0.2, -0.15) is 5.10 Å². The fourth-order valence-corrected chi connectivity index (χ4v) is 3.32. The largest absolute Gasteiger partial charge is 0.493 e. The number of carbonyl (C=O) groups is 1. The van der Waals surface area contributed by atoms with Gasteiger partial charge in [0.15, 0.2) is 11.5 Å². The molecule has 26 heavy (non-hydrogen) atoms. The normalized spacial score (nSPS) is 19.2. The first-order valence-corrected chi connectivity index (χ1v) is 8.37. The van der Waals surface area contributed by atoms with Crippen LogP contribution in [0.4, 0.5) is 5.69 Å². The fraction of sp³-hybridized carbons (Fsp3) is 0.444. The van der Waals surface area contributed by atoms with E-state index >= 15 is 0 Å². The molecule has 0 saturated carbocycles. The van der Waals surface area contributed by atoms with Gasteiger partial charge in [-0.15, -0.1) is 0 Å². The molecule has 8 nitrogen and oxygen atoms in total. The number of nitrogens with zero attached hydrogens (tertiary/aromatic N) is 2. The van der Waals surface area contributed by atoms with E-state index in [1.165, 1.54) is 0 Å². The van der Waals surface area contributed by atoms with Crippen molar-refractivity contribution in [3.8, 4) is 17.2 Å². The van der Waals surface area contributed by atoms with Gasteiger partial charge >= 0.3 is 0 Å². The van der Waals surface area contributed by atoms with Crippen LogP contribution in [-0.4, -0.2) is 50.1 Å². The van der Waals surface area contributed by atoms with E-state index in [2.05, 4.69) is 15.7 Å². The third-order valence-electron chi connectivity index (χ3n) is 4.64. The maximum absolute atomic E-state index is 12.9. The number of aromatic nitrogens is 2. The molecule has 1 aliphatic rings. The second-order valence-corrected chi connectivity index (χ2v) is 6.22. The van der Waals surface area contributed by atoms with Crippen molar-refractivity contribution in [2.24, 2.45) is 13.0 Å². The van der Waals surface area contributed by atoms with E-state index < -0.39 is 0 Å². The number of amides is 1. The lowest BCUT2D eigenvalue weighted by Crippen LogP contribution is -2.28. The molecule has 1 aromatic heterocycles. The zero-order chi connectivity index (χ0) is 18.7. The number of hydrogen-bond acceptors (Lipinski definition) is 6. The highest BCUT2D eigenvalue weighted by Crippen LogP contribution is 2.40. The van der Waals surface area contributed by atoms with Gasteiger partial charge in [-0.1, -0.05) is 0 Å². The van der Waals surface area contributed by atoms with Crippen LogP contribution in [0, 0.1) is 5.92 Å². The second kappa shape index (κ2) is 7.65. The van der Waals surface area contributed by atoms with Crippen LogP contribution in [0.5, 0.6) is 17.2 Å². The van der Waals surface area contributed by atoms with Crippen molar-refractivity contribution >= 4 is 11.6 Å². The van der Waals surface area contributed by atoms with Gasteiger partial charge in [0, 0.05) is 50.1 Å². The summed E-state index contributed by atoms with van der Waals surface area (Å²) in [7, 11) is 6.50. The Balaban J connectivity index is 1.81. The van der Waals surface area contributed by atoms with Crippen LogP contribution in [-0.2, 0) is 11.8 Å². The average molecular weight is 360 g/mol. The molecular weight excluding hydrogens is 336 g/mol. The highest BCUT2D eigenvalue weighted by molar-refractivity contribution is 5.94. The van der Waals surface area contributed by atoms with Gasteiger partial charge in [0.05, 0.1) is 33.4 Å². The fourth-order valence-electron chi connectivity index (χ4n) is 3.32. The van der Waals surface area contributed by atoms with Crippen LogP contribution in [0.1, 0.15) is 11.5 Å². The minimum atomic E-state index is -0.182. The number of ether oxygens (including phenoxy) is 3. The van der Waals surface area contributed by atoms with Gasteiger partial charge in [0.1, 0.15) is 0 Å². The Hall–Kier alpha value is -2.74. The van der Waals surface area contributed by atoms with E-state index in [0.717, 1.165) is 12.1 Å². The number of methoxy groups -OCH3 is 3. The third kappa shape index (κ3) is 3.45. The van der Waals surface area contributed by atoms with Gasteiger partial charge in [0.25, 0.3) is 0 Å². The molecule has 2 aromatic rings. The summed E-state index contributed by atoms with van der Waals surface area (Å²) in [5, 5.41) is 10.5. The molecule has 8 heteroatoms. The Morgan fingerprint density at radius 1 is 1.19 bits per heavy atom. The summed E-state index contributed by atoms with van der Waals surface area (Å²) < 4.78 is 17.7. The lowest BCUT2D eigenvalue weighted by atomic mass is 9.90. The molecule has 140 valence electrons. The van der Waals surface area contributed by atoms with Gasteiger partial charge in [-0.3, -0.25) is 9.48 Å². The molecule has 0 spiro atoms. The lowest BCUT2D eigenvalue weighted by molar-refractivity contribution is -0.119. The van der Waals surface area contributed by atoms with E-state index in [-0.39, 0.29) is 17.7 Å². The first-order valence-electron chi connectivity index (χ1n) is 8.37. The Morgan fingerprint density at radius 3 is 2.42 bits per heavy atom. The number of carbonyl (C=O) groups excluding carboxylic acids is 1. The van der Waals surface area contributed by atoms with Crippen molar-refractivity contribution in [3.05, 3.63) is 30.1 Å². The van der Waals surface area contributed by atoms with E-state index in [1.807, 2.05) is 19.4 Å². The minimum Gasteiger partial charge on any atom is -0.493 e. The lowest BCUT2D eigenvalue weighted by Gasteiger charge is -2.18. The average Bonchev–Trinajstić information content (AvgIpc) is 3.29. The predicted octanol–water partition coefficient (Wildman–Crippen LogP) is 1.39. The number of hydrogen-bond donors (Lipinski definition) is 2. The summed E-state index contributed by atoms with van der Waals surface area (Å²) in [6.07, 6.45) is 3.77. The topological polar surface area (TPSA) is 86.6 Å². The van der Waals surface area contributed by atoms with E-state index in [0.29, 0.717) is 29.5 Å². The van der Waals surface area contributed by atoms with Crippen molar-refractivity contribution < 1.29 is 19.0 Å². The molecule has 2 heterocycles. The monoisotopic (exact) mass is 360 g/mol. The summed E-state index contributed by atoms with van der Waals surface area (Å²) in [5.41, 5.74) is 1.66. The molecule has 1 fully saturated rings. The highest BCUT2D eigenvalue weighted by Gasteiger charge is 2.35. The van der Waals surface area contributed by atoms with Crippen LogP contribution in [0.25, 0.3) is 0 Å². The summed E-state index contributed by atoms with van der Waals surface area (Å²) >= 11 is 0. The SMILES string of the molecule is COc1cc(NC(=O)[C@H]2CNC[C@@H]2c2cnn(C)c2)cc(OC)c1OC. The molecule has 1 aromatic carbocycles. The molecule has 2 N–H and O–H groups in total. The highest BCUT2D eigenvalue weighted by atomic mass is 16.5. The number of rotatable bonds is 6. The van der Waals surface area contributed by atoms with Crippen molar-refractivity contribution in [2.45, 2.75) is 5.92 Å². The van der Waals surface area contributed by atoms with Crippen LogP contribution in [0.3, 0.4) is 0 Å². The molecule has 3 rings (SSSR count). The van der Waals surface area contributed by atoms with Gasteiger partial charge < -0.3 is 24.8 Å². The van der Waals surface area contributed by atoms with Crippen molar-refractivity contribution in [1.29, 1.82) is 0 Å². The van der Waals surface area contributed by atoms with Crippen LogP contribution in [0.2, 0.25) is 0 Å². The first-order chi connectivity index (χ1) is 12.6. The van der Waals surface area contributed by atoms with Crippen molar-refractivity contribution in [2.75, 3.05) is 39.7 Å². The Kier molecular flexibility index (Phi) is 5.32. The molecule has 0 unspecified atom stereocenters. The number of aryl methyl sites for hydroxylation is 1. The Morgan fingerprint density at radius 2 is 1.88 bits per heavy atom. The van der Waals surface area contributed by atoms with Crippen LogP contribution in [0.15, 0.2) is 24.5 Å². The molecule has 0 radical (unpaired) electrons. The number of benzene rings is 1. The van der Waals surface area contributed by atoms with Crippen molar-refractivity contribution in [1.82, 2.24) is 15.1 Å². The van der Waals surface area contributed by atoms with Crippen LogP contribution >= 0.6 is 0 Å². The molecule has 1 amide bonds. The summed E-state index contributed by atoms with van der Waals surface area (Å²) in [6.45, 7) is 1.37. The first kappa shape index (κ1) is 18.1. The maximum Gasteiger partial charge on any atom is 0.229 e. The molecule has 1 saturated heterocycles. The number of anilines is 1. The second-order valence-electron chi connectivity index (χ2n) is 6.22. The van der Waals surface area contributed by atoms with Gasteiger partial charge in [0.2, 0.25) is 11.7 Å². The van der Waals surface area contributed by atoms with Crippen molar-refractivity contribution in [3.63, 3.8) is 0 Å². The zero-order valence-electron chi connectivity index (χ0n) is 15.4. The molecule has 1 aliphatic heterocycles. The quantitative estimate of drug-likeness (QED) is 0.810. The third-order valence-corrected chi connectivity index (χ3v) is 4.64.